The molecular formula is C22H24ClN5O3. The van der Waals surface area contributed by atoms with Crippen LogP contribution >= 0.6 is 11.6 Å². The van der Waals surface area contributed by atoms with E-state index in [2.05, 4.69) is 20.8 Å². The first-order valence-electron chi connectivity index (χ1n) is 9.96. The molecule has 2 aromatic carbocycles. The fourth-order valence-corrected chi connectivity index (χ4v) is 3.19. The van der Waals surface area contributed by atoms with E-state index in [0.29, 0.717) is 35.5 Å². The molecular weight excluding hydrogens is 418 g/mol. The first-order valence-corrected chi connectivity index (χ1v) is 10.3. The van der Waals surface area contributed by atoms with Gasteiger partial charge in [-0.15, -0.1) is 10.2 Å². The number of benzene rings is 2. The van der Waals surface area contributed by atoms with Crippen molar-refractivity contribution in [2.24, 2.45) is 0 Å². The van der Waals surface area contributed by atoms with Crippen LogP contribution in [0.5, 0.6) is 0 Å². The molecule has 0 aliphatic heterocycles. The van der Waals surface area contributed by atoms with Crippen molar-refractivity contribution in [3.63, 3.8) is 0 Å². The minimum atomic E-state index is -0.538. The lowest BCUT2D eigenvalue weighted by Gasteiger charge is -2.18. The van der Waals surface area contributed by atoms with Gasteiger partial charge in [0, 0.05) is 6.54 Å². The number of carbonyl (C=O) groups is 2. The molecule has 1 aromatic heterocycles. The number of nitrogens with one attached hydrogen (secondary N) is 2. The highest BCUT2D eigenvalue weighted by Crippen LogP contribution is 2.26. The molecule has 0 saturated heterocycles. The summed E-state index contributed by atoms with van der Waals surface area (Å²) in [6.07, 6.45) is 0.818. The van der Waals surface area contributed by atoms with Crippen LogP contribution in [0.4, 0.5) is 4.79 Å². The van der Waals surface area contributed by atoms with Gasteiger partial charge in [0.2, 0.25) is 17.7 Å². The van der Waals surface area contributed by atoms with Crippen molar-refractivity contribution in [2.45, 2.75) is 26.4 Å². The third kappa shape index (κ3) is 6.91. The summed E-state index contributed by atoms with van der Waals surface area (Å²) in [4.78, 5) is 26.2. The first kappa shape index (κ1) is 22.5. The van der Waals surface area contributed by atoms with Gasteiger partial charge < -0.3 is 9.73 Å². The molecule has 3 rings (SSSR count). The van der Waals surface area contributed by atoms with Crippen molar-refractivity contribution in [1.29, 1.82) is 0 Å². The highest BCUT2D eigenvalue weighted by atomic mass is 35.5. The Morgan fingerprint density at radius 2 is 1.81 bits per heavy atom. The van der Waals surface area contributed by atoms with E-state index in [1.54, 1.807) is 12.1 Å². The summed E-state index contributed by atoms with van der Waals surface area (Å²) in [5, 5.41) is 13.6. The minimum Gasteiger partial charge on any atom is -0.419 e. The monoisotopic (exact) mass is 441 g/mol. The van der Waals surface area contributed by atoms with Gasteiger partial charge in [-0.25, -0.2) is 4.79 Å². The normalized spacial score (nSPS) is 10.8. The van der Waals surface area contributed by atoms with E-state index in [1.807, 2.05) is 54.3 Å². The molecule has 0 saturated carbocycles. The Labute approximate surface area is 185 Å². The molecule has 0 spiro atoms. The van der Waals surface area contributed by atoms with Crippen LogP contribution in [0.3, 0.4) is 0 Å². The van der Waals surface area contributed by atoms with Crippen LogP contribution in [0, 0.1) is 0 Å². The number of aromatic nitrogens is 2. The molecule has 2 N–H and O–H groups in total. The average molecular weight is 442 g/mol. The second kappa shape index (κ2) is 11.2. The molecule has 162 valence electrons. The molecule has 9 heteroatoms. The van der Waals surface area contributed by atoms with Gasteiger partial charge in [0.15, 0.2) is 0 Å². The van der Waals surface area contributed by atoms with Gasteiger partial charge >= 0.3 is 6.03 Å². The number of hydrogen-bond acceptors (Lipinski definition) is 6. The van der Waals surface area contributed by atoms with Crippen molar-refractivity contribution in [3.05, 3.63) is 71.1 Å². The van der Waals surface area contributed by atoms with Crippen LogP contribution in [0.1, 0.15) is 24.8 Å². The highest BCUT2D eigenvalue weighted by molar-refractivity contribution is 6.33. The Morgan fingerprint density at radius 1 is 1.06 bits per heavy atom. The minimum absolute atomic E-state index is 0.0242. The summed E-state index contributed by atoms with van der Waals surface area (Å²) in [7, 11) is 0. The van der Waals surface area contributed by atoms with E-state index in [-0.39, 0.29) is 13.1 Å². The topological polar surface area (TPSA) is 100 Å². The molecule has 0 unspecified atom stereocenters. The third-order valence-corrected chi connectivity index (χ3v) is 4.72. The second-order valence-corrected chi connectivity index (χ2v) is 7.32. The molecule has 31 heavy (non-hydrogen) atoms. The van der Waals surface area contributed by atoms with E-state index >= 15 is 0 Å². The van der Waals surface area contributed by atoms with Crippen LogP contribution in [0.2, 0.25) is 5.02 Å². The maximum atomic E-state index is 12.3. The predicted octanol–water partition coefficient (Wildman–Crippen LogP) is 3.63. The fraction of sp³-hybridized carbons (Fsp3) is 0.273. The van der Waals surface area contributed by atoms with E-state index in [1.165, 1.54) is 0 Å². The molecule has 0 fully saturated rings. The van der Waals surface area contributed by atoms with Crippen molar-refractivity contribution in [1.82, 2.24) is 25.7 Å². The molecule has 0 bridgehead atoms. The fourth-order valence-electron chi connectivity index (χ4n) is 2.97. The highest BCUT2D eigenvalue weighted by Gasteiger charge is 2.17. The zero-order chi connectivity index (χ0) is 22.1. The van der Waals surface area contributed by atoms with Crippen LogP contribution < -0.4 is 10.6 Å². The average Bonchev–Trinajstić information content (AvgIpc) is 3.21. The molecule has 3 amide bonds. The van der Waals surface area contributed by atoms with E-state index < -0.39 is 11.9 Å². The van der Waals surface area contributed by atoms with Crippen LogP contribution in [-0.4, -0.2) is 40.1 Å². The maximum absolute atomic E-state index is 12.3. The third-order valence-electron chi connectivity index (χ3n) is 4.39. The van der Waals surface area contributed by atoms with Gasteiger partial charge in [0.1, 0.15) is 0 Å². The van der Waals surface area contributed by atoms with Gasteiger partial charge in [-0.2, -0.15) is 0 Å². The van der Waals surface area contributed by atoms with Crippen molar-refractivity contribution in [2.75, 3.05) is 13.1 Å². The molecule has 8 nitrogen and oxygen atoms in total. The Morgan fingerprint density at radius 3 is 2.55 bits per heavy atom. The first-order chi connectivity index (χ1) is 15.0. The molecule has 3 aromatic rings. The standard InChI is InChI=1S/C22H24ClN5O3/c1-2-12-28(14-19(29)25-22(30)24-13-16-8-4-3-5-9-16)15-20-26-27-21(31-20)17-10-6-7-11-18(17)23/h3-11H,2,12-15H2,1H3,(H2,24,25,29,30). The Kier molecular flexibility index (Phi) is 8.14. The summed E-state index contributed by atoms with van der Waals surface area (Å²) in [5.41, 5.74) is 1.60. The van der Waals surface area contributed by atoms with Crippen molar-refractivity contribution >= 4 is 23.5 Å². The van der Waals surface area contributed by atoms with Crippen molar-refractivity contribution < 1.29 is 14.0 Å². The molecule has 0 radical (unpaired) electrons. The van der Waals surface area contributed by atoms with Crippen LogP contribution in [0.25, 0.3) is 11.5 Å². The number of carbonyl (C=O) groups excluding carboxylic acids is 2. The molecule has 0 aliphatic rings. The number of amides is 3. The summed E-state index contributed by atoms with van der Waals surface area (Å²) in [6.45, 7) is 3.27. The molecule has 0 aliphatic carbocycles. The van der Waals surface area contributed by atoms with E-state index in [0.717, 1.165) is 12.0 Å². The molecule has 1 heterocycles. The summed E-state index contributed by atoms with van der Waals surface area (Å²) >= 11 is 6.18. The molecule has 0 atom stereocenters. The number of nitrogens with zero attached hydrogens (tertiary/aromatic N) is 3. The number of urea groups is 1. The zero-order valence-electron chi connectivity index (χ0n) is 17.2. The van der Waals surface area contributed by atoms with Gasteiger partial charge in [-0.1, -0.05) is 61.0 Å². The van der Waals surface area contributed by atoms with Gasteiger partial charge in [0.25, 0.3) is 0 Å². The van der Waals surface area contributed by atoms with Crippen LogP contribution in [-0.2, 0) is 17.9 Å². The quantitative estimate of drug-likeness (QED) is 0.526. The number of hydrogen-bond donors (Lipinski definition) is 2. The zero-order valence-corrected chi connectivity index (χ0v) is 17.9. The summed E-state index contributed by atoms with van der Waals surface area (Å²) in [5.74, 6) is 0.274. The maximum Gasteiger partial charge on any atom is 0.321 e. The van der Waals surface area contributed by atoms with Gasteiger partial charge in [-0.3, -0.25) is 15.0 Å². The van der Waals surface area contributed by atoms with Gasteiger partial charge in [0.05, 0.1) is 23.7 Å². The smallest absolute Gasteiger partial charge is 0.321 e. The Hall–Kier alpha value is -3.23. The number of rotatable bonds is 9. The van der Waals surface area contributed by atoms with E-state index in [4.69, 9.17) is 16.0 Å². The van der Waals surface area contributed by atoms with E-state index in [9.17, 15) is 9.59 Å². The lowest BCUT2D eigenvalue weighted by molar-refractivity contribution is -0.121. The lowest BCUT2D eigenvalue weighted by Crippen LogP contribution is -2.44. The second-order valence-electron chi connectivity index (χ2n) is 6.91. The Balaban J connectivity index is 1.53. The number of imide groups is 1. The Bertz CT molecular complexity index is 1010. The predicted molar refractivity (Wildman–Crippen MR) is 117 cm³/mol. The lowest BCUT2D eigenvalue weighted by atomic mass is 10.2. The van der Waals surface area contributed by atoms with Crippen LogP contribution in [0.15, 0.2) is 59.0 Å². The van der Waals surface area contributed by atoms with Crippen molar-refractivity contribution in [3.8, 4) is 11.5 Å². The summed E-state index contributed by atoms with van der Waals surface area (Å²) in [6, 6.07) is 16.1. The SMILES string of the molecule is CCCN(CC(=O)NC(=O)NCc1ccccc1)Cc1nnc(-c2ccccc2Cl)o1. The number of halogens is 1. The largest absolute Gasteiger partial charge is 0.419 e. The van der Waals surface area contributed by atoms with Gasteiger partial charge in [-0.05, 0) is 30.7 Å². The summed E-state index contributed by atoms with van der Waals surface area (Å²) < 4.78 is 5.72.